The van der Waals surface area contributed by atoms with Crippen LogP contribution in [0.4, 0.5) is 5.69 Å². The van der Waals surface area contributed by atoms with E-state index in [1.165, 1.54) is 16.3 Å². The number of carbonyl (C=O) groups excluding carboxylic acids is 1. The summed E-state index contributed by atoms with van der Waals surface area (Å²) in [6, 6.07) is 17.4. The Kier molecular flexibility index (Phi) is 5.90. The summed E-state index contributed by atoms with van der Waals surface area (Å²) >= 11 is 0. The molecule has 1 aliphatic heterocycles. The van der Waals surface area contributed by atoms with Crippen molar-refractivity contribution >= 4 is 17.2 Å². The van der Waals surface area contributed by atoms with Crippen LogP contribution in [0.3, 0.4) is 0 Å². The van der Waals surface area contributed by atoms with Gasteiger partial charge in [0, 0.05) is 44.0 Å². The fourth-order valence-corrected chi connectivity index (χ4v) is 4.65. The molecule has 0 radical (unpaired) electrons. The fourth-order valence-electron chi connectivity index (χ4n) is 4.65. The lowest BCUT2D eigenvalue weighted by Crippen LogP contribution is -2.38. The zero-order chi connectivity index (χ0) is 23.7. The van der Waals surface area contributed by atoms with Crippen molar-refractivity contribution in [3.05, 3.63) is 93.5 Å². The number of benzene rings is 2. The van der Waals surface area contributed by atoms with Crippen LogP contribution < -0.4 is 15.6 Å². The Morgan fingerprint density at radius 2 is 1.88 bits per heavy atom. The van der Waals surface area contributed by atoms with Crippen molar-refractivity contribution in [1.29, 1.82) is 0 Å². The molecule has 0 atom stereocenters. The monoisotopic (exact) mass is 457 g/mol. The molecule has 0 saturated carbocycles. The molecule has 8 heteroatoms. The Labute approximate surface area is 197 Å². The Bertz CT molecular complexity index is 1390. The van der Waals surface area contributed by atoms with Gasteiger partial charge in [-0.2, -0.15) is 9.61 Å². The molecule has 0 aliphatic carbocycles. The number of fused-ring (bicyclic) bond motifs is 2. The van der Waals surface area contributed by atoms with E-state index in [0.29, 0.717) is 35.7 Å². The topological polar surface area (TPSA) is 80.9 Å². The molecule has 3 heterocycles. The second-order valence-electron chi connectivity index (χ2n) is 8.40. The first-order chi connectivity index (χ1) is 16.6. The Morgan fingerprint density at radius 3 is 2.59 bits per heavy atom. The molecule has 1 N–H and O–H groups in total. The number of aromatic nitrogens is 3. The van der Waals surface area contributed by atoms with Gasteiger partial charge >= 0.3 is 0 Å². The van der Waals surface area contributed by atoms with Crippen LogP contribution in [0, 0.1) is 0 Å². The second kappa shape index (κ2) is 9.15. The summed E-state index contributed by atoms with van der Waals surface area (Å²) in [5.74, 6) is 0.407. The maximum Gasteiger partial charge on any atom is 0.279 e. The van der Waals surface area contributed by atoms with Crippen LogP contribution in [0.15, 0.2) is 65.6 Å². The van der Waals surface area contributed by atoms with Gasteiger partial charge in [0.25, 0.3) is 11.5 Å². The molecule has 1 amide bonds. The van der Waals surface area contributed by atoms with Crippen molar-refractivity contribution in [3.63, 3.8) is 0 Å². The lowest BCUT2D eigenvalue weighted by molar-refractivity contribution is 0.102. The number of hydrogen-bond acceptors (Lipinski definition) is 5. The largest absolute Gasteiger partial charge is 0.497 e. The maximum atomic E-state index is 13.4. The van der Waals surface area contributed by atoms with E-state index in [1.54, 1.807) is 31.4 Å². The highest BCUT2D eigenvalue weighted by Crippen LogP contribution is 2.23. The van der Waals surface area contributed by atoms with Crippen molar-refractivity contribution in [3.8, 4) is 5.75 Å². The van der Waals surface area contributed by atoms with Gasteiger partial charge < -0.3 is 14.6 Å². The number of anilines is 1. The molecule has 0 saturated heterocycles. The summed E-state index contributed by atoms with van der Waals surface area (Å²) in [5.41, 5.74) is 4.36. The number of nitrogens with zero attached hydrogens (tertiary/aromatic N) is 4. The third-order valence-corrected chi connectivity index (χ3v) is 6.33. The van der Waals surface area contributed by atoms with Gasteiger partial charge in [0.05, 0.1) is 18.9 Å². The number of methoxy groups -OCH3 is 1. The van der Waals surface area contributed by atoms with Gasteiger partial charge in [-0.1, -0.05) is 30.3 Å². The predicted molar refractivity (Wildman–Crippen MR) is 130 cm³/mol. The summed E-state index contributed by atoms with van der Waals surface area (Å²) in [4.78, 5) is 28.8. The molecule has 2 aromatic heterocycles. The van der Waals surface area contributed by atoms with Crippen molar-refractivity contribution in [2.24, 2.45) is 0 Å². The van der Waals surface area contributed by atoms with Crippen LogP contribution >= 0.6 is 0 Å². The fraction of sp³-hybridized carbons (Fsp3) is 0.269. The molecule has 0 bridgehead atoms. The van der Waals surface area contributed by atoms with Crippen LogP contribution in [-0.2, 0) is 26.1 Å². The van der Waals surface area contributed by atoms with Gasteiger partial charge in [-0.15, -0.1) is 0 Å². The van der Waals surface area contributed by atoms with E-state index in [1.807, 2.05) is 25.1 Å². The molecular formula is C26H27N5O3. The zero-order valence-corrected chi connectivity index (χ0v) is 19.3. The first kappa shape index (κ1) is 21.9. The Balaban J connectivity index is 1.48. The maximum absolute atomic E-state index is 13.4. The number of hydrogen-bond donors (Lipinski definition) is 1. The predicted octanol–water partition coefficient (Wildman–Crippen LogP) is 3.34. The lowest BCUT2D eigenvalue weighted by Gasteiger charge is -2.30. The van der Waals surface area contributed by atoms with E-state index >= 15 is 0 Å². The number of nitrogens with one attached hydrogen (secondary N) is 1. The molecule has 4 aromatic rings. The van der Waals surface area contributed by atoms with Crippen LogP contribution in [-0.4, -0.2) is 38.6 Å². The lowest BCUT2D eigenvalue weighted by atomic mass is 10.0. The second-order valence-corrected chi connectivity index (χ2v) is 8.40. The van der Waals surface area contributed by atoms with Crippen molar-refractivity contribution in [2.45, 2.75) is 33.0 Å². The van der Waals surface area contributed by atoms with Gasteiger partial charge in [-0.05, 0) is 36.8 Å². The summed E-state index contributed by atoms with van der Waals surface area (Å²) in [6.45, 7) is 4.86. The van der Waals surface area contributed by atoms with Gasteiger partial charge in [0.1, 0.15) is 11.3 Å². The van der Waals surface area contributed by atoms with E-state index in [9.17, 15) is 9.59 Å². The molecule has 8 nitrogen and oxygen atoms in total. The highest BCUT2D eigenvalue weighted by molar-refractivity contribution is 6.08. The molecule has 5 rings (SSSR count). The van der Waals surface area contributed by atoms with Crippen LogP contribution in [0.2, 0.25) is 0 Å². The number of amides is 1. The summed E-state index contributed by atoms with van der Waals surface area (Å²) in [7, 11) is 1.60. The zero-order valence-electron chi connectivity index (χ0n) is 19.3. The van der Waals surface area contributed by atoms with E-state index in [-0.39, 0.29) is 11.5 Å². The number of aryl methyl sites for hydroxylation is 1. The van der Waals surface area contributed by atoms with Crippen molar-refractivity contribution < 1.29 is 9.53 Å². The van der Waals surface area contributed by atoms with E-state index in [2.05, 4.69) is 32.0 Å². The third kappa shape index (κ3) is 3.97. The minimum absolute atomic E-state index is 0.157. The Morgan fingerprint density at radius 1 is 1.12 bits per heavy atom. The summed E-state index contributed by atoms with van der Waals surface area (Å²) in [5, 5.41) is 7.22. The van der Waals surface area contributed by atoms with Gasteiger partial charge in [-0.3, -0.25) is 14.5 Å². The van der Waals surface area contributed by atoms with E-state index in [0.717, 1.165) is 30.8 Å². The van der Waals surface area contributed by atoms with E-state index < -0.39 is 0 Å². The third-order valence-electron chi connectivity index (χ3n) is 6.33. The van der Waals surface area contributed by atoms with Gasteiger partial charge in [0.15, 0.2) is 5.65 Å². The molecule has 0 fully saturated rings. The molecule has 2 aromatic carbocycles. The highest BCUT2D eigenvalue weighted by Gasteiger charge is 2.27. The van der Waals surface area contributed by atoms with Gasteiger partial charge in [-0.25, -0.2) is 0 Å². The highest BCUT2D eigenvalue weighted by atomic mass is 16.5. The molecule has 0 unspecified atom stereocenters. The number of carbonyl (C=O) groups is 1. The number of rotatable bonds is 6. The standard InChI is InChI=1S/C26H27N5O3/c1-3-30-23-13-14-29(16-18-7-5-4-6-8-18)17-22(23)26(33)31-25(30)21(15-27-31)24(32)28-19-9-11-20(34-2)12-10-19/h4-12,15H,3,13-14,16-17H2,1-2H3,(H,28,32). The first-order valence-electron chi connectivity index (χ1n) is 11.4. The molecular weight excluding hydrogens is 430 g/mol. The van der Waals surface area contributed by atoms with Crippen molar-refractivity contribution in [1.82, 2.24) is 19.1 Å². The van der Waals surface area contributed by atoms with E-state index in [4.69, 9.17) is 4.74 Å². The number of ether oxygens (including phenoxy) is 1. The molecule has 34 heavy (non-hydrogen) atoms. The summed E-state index contributed by atoms with van der Waals surface area (Å²) < 4.78 is 8.61. The molecule has 0 spiro atoms. The first-order valence-corrected chi connectivity index (χ1v) is 11.4. The SMILES string of the molecule is CCn1c2c(c(=O)n3ncc(C(=O)Nc4ccc(OC)cc4)c13)CN(Cc1ccccc1)CC2. The Hall–Kier alpha value is -3.91. The minimum Gasteiger partial charge on any atom is -0.497 e. The van der Waals surface area contributed by atoms with Crippen LogP contribution in [0.25, 0.3) is 5.65 Å². The van der Waals surface area contributed by atoms with Crippen LogP contribution in [0.1, 0.15) is 34.1 Å². The van der Waals surface area contributed by atoms with Crippen molar-refractivity contribution in [2.75, 3.05) is 19.0 Å². The average Bonchev–Trinajstić information content (AvgIpc) is 3.31. The normalized spacial score (nSPS) is 13.6. The molecule has 1 aliphatic rings. The quantitative estimate of drug-likeness (QED) is 0.480. The van der Waals surface area contributed by atoms with Gasteiger partial charge in [0.2, 0.25) is 0 Å². The van der Waals surface area contributed by atoms with Crippen LogP contribution in [0.5, 0.6) is 5.75 Å². The minimum atomic E-state index is -0.303. The average molecular weight is 458 g/mol. The summed E-state index contributed by atoms with van der Waals surface area (Å²) in [6.07, 6.45) is 2.22. The smallest absolute Gasteiger partial charge is 0.279 e. The molecule has 174 valence electrons.